The van der Waals surface area contributed by atoms with Crippen LogP contribution in [0.5, 0.6) is 0 Å². The Labute approximate surface area is 121 Å². The van der Waals surface area contributed by atoms with E-state index in [9.17, 15) is 0 Å². The zero-order chi connectivity index (χ0) is 14.3. The lowest BCUT2D eigenvalue weighted by Crippen LogP contribution is -2.22. The molecular weight excluding hydrogens is 242 g/mol. The summed E-state index contributed by atoms with van der Waals surface area (Å²) in [4.78, 5) is 2.23. The second kappa shape index (κ2) is 4.52. The minimum absolute atomic E-state index is 0.00938. The Hall–Kier alpha value is -2.02. The molecule has 1 heterocycles. The molecule has 0 amide bonds. The topological polar surface area (TPSA) is 3.24 Å². The number of fused-ring (bicyclic) bond motifs is 1. The summed E-state index contributed by atoms with van der Waals surface area (Å²) >= 11 is 0. The van der Waals surface area contributed by atoms with E-state index >= 15 is 0 Å². The van der Waals surface area contributed by atoms with Crippen LogP contribution in [0, 0.1) is 0 Å². The number of nitrogens with zero attached hydrogens (tertiary/aromatic N) is 1. The summed E-state index contributed by atoms with van der Waals surface area (Å²) in [5.41, 5.74) is 6.67. The average molecular weight is 263 g/mol. The molecule has 0 fully saturated rings. The molecular formula is C19H21N. The number of allylic oxidation sites excluding steroid dienone is 1. The Morgan fingerprint density at radius 2 is 1.70 bits per heavy atom. The highest BCUT2D eigenvalue weighted by atomic mass is 15.1. The summed E-state index contributed by atoms with van der Waals surface area (Å²) in [7, 11) is 2.11. The highest BCUT2D eigenvalue weighted by molar-refractivity contribution is 5.71. The maximum absolute atomic E-state index is 4.28. The molecule has 0 saturated carbocycles. The second-order valence-corrected chi connectivity index (χ2v) is 6.10. The van der Waals surface area contributed by atoms with Gasteiger partial charge < -0.3 is 4.90 Å². The van der Waals surface area contributed by atoms with Gasteiger partial charge in [-0.15, -0.1) is 0 Å². The van der Waals surface area contributed by atoms with Gasteiger partial charge in [0.25, 0.3) is 0 Å². The number of anilines is 1. The molecule has 1 nitrogen and oxygen atoms in total. The van der Waals surface area contributed by atoms with Crippen molar-refractivity contribution in [1.82, 2.24) is 0 Å². The summed E-state index contributed by atoms with van der Waals surface area (Å²) in [6, 6.07) is 17.3. The van der Waals surface area contributed by atoms with Crippen molar-refractivity contribution < 1.29 is 0 Å². The lowest BCUT2D eigenvalue weighted by Gasteiger charge is -2.23. The molecule has 0 bridgehead atoms. The molecule has 0 N–H and O–H groups in total. The lowest BCUT2D eigenvalue weighted by atomic mass is 9.80. The van der Waals surface area contributed by atoms with Crippen LogP contribution in [0.2, 0.25) is 0 Å². The Balaban J connectivity index is 2.10. The van der Waals surface area contributed by atoms with E-state index in [1.54, 1.807) is 0 Å². The van der Waals surface area contributed by atoms with E-state index in [0.717, 1.165) is 6.42 Å². The molecule has 102 valence electrons. The highest BCUT2D eigenvalue weighted by Crippen LogP contribution is 2.47. The minimum Gasteiger partial charge on any atom is -0.348 e. The van der Waals surface area contributed by atoms with Gasteiger partial charge in [0.05, 0.1) is 0 Å². The quantitative estimate of drug-likeness (QED) is 0.770. The molecule has 0 spiro atoms. The molecule has 0 saturated heterocycles. The van der Waals surface area contributed by atoms with E-state index < -0.39 is 0 Å². The summed E-state index contributed by atoms with van der Waals surface area (Å²) in [6.07, 6.45) is 0.981. The van der Waals surface area contributed by atoms with Crippen molar-refractivity contribution in [2.24, 2.45) is 0 Å². The summed E-state index contributed by atoms with van der Waals surface area (Å²) < 4.78 is 0. The molecule has 0 aromatic heterocycles. The number of rotatable bonds is 2. The Kier molecular flexibility index (Phi) is 2.93. The van der Waals surface area contributed by atoms with Gasteiger partial charge in [-0.2, -0.15) is 0 Å². The number of hydrogen-bond donors (Lipinski definition) is 0. The number of benzene rings is 2. The SMILES string of the molecule is C=C1N(C)c2cccc(Cc3ccccc3)c2C1(C)C. The predicted octanol–water partition coefficient (Wildman–Crippen LogP) is 4.52. The Morgan fingerprint density at radius 3 is 2.40 bits per heavy atom. The van der Waals surface area contributed by atoms with E-state index in [1.165, 1.54) is 28.1 Å². The van der Waals surface area contributed by atoms with Crippen LogP contribution < -0.4 is 4.90 Å². The molecule has 2 aromatic carbocycles. The monoisotopic (exact) mass is 263 g/mol. The molecule has 20 heavy (non-hydrogen) atoms. The van der Waals surface area contributed by atoms with Gasteiger partial charge in [0.1, 0.15) is 0 Å². The number of likely N-dealkylation sites (N-methyl/N-ethyl adjacent to an activating group) is 1. The van der Waals surface area contributed by atoms with Crippen molar-refractivity contribution in [2.75, 3.05) is 11.9 Å². The van der Waals surface area contributed by atoms with Crippen molar-refractivity contribution >= 4 is 5.69 Å². The first-order valence-electron chi connectivity index (χ1n) is 7.11. The normalized spacial score (nSPS) is 16.4. The molecule has 1 heteroatoms. The molecule has 3 rings (SSSR count). The van der Waals surface area contributed by atoms with Crippen LogP contribution in [0.4, 0.5) is 5.69 Å². The zero-order valence-electron chi connectivity index (χ0n) is 12.5. The first kappa shape index (κ1) is 13.0. The van der Waals surface area contributed by atoms with Crippen LogP contribution in [-0.2, 0) is 11.8 Å². The third-order valence-corrected chi connectivity index (χ3v) is 4.48. The third-order valence-electron chi connectivity index (χ3n) is 4.48. The molecule has 0 unspecified atom stereocenters. The van der Waals surface area contributed by atoms with Gasteiger partial charge >= 0.3 is 0 Å². The van der Waals surface area contributed by atoms with Gasteiger partial charge in [-0.3, -0.25) is 0 Å². The van der Waals surface area contributed by atoms with Crippen molar-refractivity contribution in [3.8, 4) is 0 Å². The van der Waals surface area contributed by atoms with Crippen LogP contribution in [0.1, 0.15) is 30.5 Å². The van der Waals surface area contributed by atoms with Crippen molar-refractivity contribution in [2.45, 2.75) is 25.7 Å². The highest BCUT2D eigenvalue weighted by Gasteiger charge is 2.38. The fourth-order valence-electron chi connectivity index (χ4n) is 3.26. The molecule has 2 aromatic rings. The van der Waals surface area contributed by atoms with Gasteiger partial charge in [0.2, 0.25) is 0 Å². The van der Waals surface area contributed by atoms with Gasteiger partial charge in [0.15, 0.2) is 0 Å². The first-order valence-corrected chi connectivity index (χ1v) is 7.11. The maximum atomic E-state index is 4.28. The van der Waals surface area contributed by atoms with E-state index in [1.807, 2.05) is 0 Å². The van der Waals surface area contributed by atoms with Gasteiger partial charge in [-0.05, 0) is 29.2 Å². The molecule has 1 aliphatic rings. The van der Waals surface area contributed by atoms with Crippen LogP contribution >= 0.6 is 0 Å². The van der Waals surface area contributed by atoms with Crippen LogP contribution in [0.25, 0.3) is 0 Å². The first-order chi connectivity index (χ1) is 9.51. The lowest BCUT2D eigenvalue weighted by molar-refractivity contribution is 0.637. The second-order valence-electron chi connectivity index (χ2n) is 6.10. The van der Waals surface area contributed by atoms with E-state index in [0.29, 0.717) is 0 Å². The Bertz CT molecular complexity index is 653. The largest absolute Gasteiger partial charge is 0.348 e. The molecule has 0 radical (unpaired) electrons. The van der Waals surface area contributed by atoms with E-state index in [2.05, 4.69) is 80.9 Å². The molecule has 1 aliphatic heterocycles. The van der Waals surface area contributed by atoms with E-state index in [-0.39, 0.29) is 5.41 Å². The van der Waals surface area contributed by atoms with Crippen LogP contribution in [0.15, 0.2) is 60.8 Å². The zero-order valence-corrected chi connectivity index (χ0v) is 12.5. The molecule has 0 atom stereocenters. The van der Waals surface area contributed by atoms with Crippen LogP contribution in [0.3, 0.4) is 0 Å². The smallest absolute Gasteiger partial charge is 0.0450 e. The van der Waals surface area contributed by atoms with Crippen molar-refractivity contribution in [3.63, 3.8) is 0 Å². The fraction of sp³-hybridized carbons (Fsp3) is 0.263. The predicted molar refractivity (Wildman–Crippen MR) is 86.3 cm³/mol. The van der Waals surface area contributed by atoms with Crippen LogP contribution in [-0.4, -0.2) is 7.05 Å². The van der Waals surface area contributed by atoms with Crippen molar-refractivity contribution in [3.05, 3.63) is 77.5 Å². The van der Waals surface area contributed by atoms with E-state index in [4.69, 9.17) is 0 Å². The summed E-state index contributed by atoms with van der Waals surface area (Å²) in [5, 5.41) is 0. The van der Waals surface area contributed by atoms with Gasteiger partial charge in [-0.1, -0.05) is 62.9 Å². The third kappa shape index (κ3) is 1.85. The Morgan fingerprint density at radius 1 is 1.00 bits per heavy atom. The molecule has 0 aliphatic carbocycles. The summed E-state index contributed by atoms with van der Waals surface area (Å²) in [5.74, 6) is 0. The fourth-order valence-corrected chi connectivity index (χ4v) is 3.26. The minimum atomic E-state index is 0.00938. The number of hydrogen-bond acceptors (Lipinski definition) is 1. The van der Waals surface area contributed by atoms with Crippen molar-refractivity contribution in [1.29, 1.82) is 0 Å². The standard InChI is InChI=1S/C19H21N/c1-14-19(2,3)18-16(11-8-12-17(18)20(14)4)13-15-9-6-5-7-10-15/h5-12H,1,13H2,2-4H3. The summed E-state index contributed by atoms with van der Waals surface area (Å²) in [6.45, 7) is 8.82. The van der Waals surface area contributed by atoms with Gasteiger partial charge in [0, 0.05) is 23.8 Å². The van der Waals surface area contributed by atoms with Gasteiger partial charge in [-0.25, -0.2) is 0 Å². The maximum Gasteiger partial charge on any atom is 0.0450 e. The average Bonchev–Trinajstić information content (AvgIpc) is 2.62.